The van der Waals surface area contributed by atoms with E-state index in [1.54, 1.807) is 39.1 Å². The topological polar surface area (TPSA) is 73.7 Å². The highest BCUT2D eigenvalue weighted by atomic mass is 16.3. The van der Waals surface area contributed by atoms with E-state index in [4.69, 9.17) is 0 Å². The maximum atomic E-state index is 12.9. The molecule has 130 valence electrons. The van der Waals surface area contributed by atoms with Crippen LogP contribution in [-0.4, -0.2) is 58.8 Å². The molecular weight excluding hydrogens is 306 g/mol. The molecule has 6 nitrogen and oxygen atoms in total. The molecule has 1 aromatic rings. The molecule has 1 atom stereocenters. The summed E-state index contributed by atoms with van der Waals surface area (Å²) in [6, 6.07) is 4.71. The van der Waals surface area contributed by atoms with Gasteiger partial charge in [-0.3, -0.25) is 14.6 Å². The van der Waals surface area contributed by atoms with Crippen LogP contribution in [0.4, 0.5) is 0 Å². The fourth-order valence-corrected chi connectivity index (χ4v) is 2.67. The zero-order valence-electron chi connectivity index (χ0n) is 14.9. The highest BCUT2D eigenvalue weighted by Gasteiger charge is 2.46. The van der Waals surface area contributed by atoms with E-state index >= 15 is 0 Å². The van der Waals surface area contributed by atoms with Gasteiger partial charge in [0.1, 0.15) is 6.04 Å². The molecule has 0 aliphatic carbocycles. The number of Topliss-reactive ketones (excluding diaryl/α,β-unsaturated/α-hetero) is 1. The Morgan fingerprint density at radius 2 is 2.00 bits per heavy atom. The van der Waals surface area contributed by atoms with Crippen LogP contribution in [-0.2, 0) is 9.59 Å². The smallest absolute Gasteiger partial charge is 0.290 e. The summed E-state index contributed by atoms with van der Waals surface area (Å²) >= 11 is 0. The number of pyridine rings is 1. The second-order valence-electron chi connectivity index (χ2n) is 7.30. The Kier molecular flexibility index (Phi) is 5.08. The Bertz CT molecular complexity index is 660. The van der Waals surface area contributed by atoms with Gasteiger partial charge in [-0.05, 0) is 26.2 Å². The van der Waals surface area contributed by atoms with Crippen LogP contribution in [0.5, 0.6) is 0 Å². The Labute approximate surface area is 142 Å². The van der Waals surface area contributed by atoms with E-state index in [1.807, 2.05) is 25.1 Å². The Morgan fingerprint density at radius 3 is 2.50 bits per heavy atom. The third kappa shape index (κ3) is 3.48. The highest BCUT2D eigenvalue weighted by molar-refractivity contribution is 6.10. The number of carbonyl (C=O) groups is 2. The molecule has 1 N–H and O–H groups in total. The fraction of sp³-hybridized carbons (Fsp3) is 0.500. The van der Waals surface area contributed by atoms with Crippen molar-refractivity contribution in [3.8, 4) is 0 Å². The minimum absolute atomic E-state index is 0.143. The van der Waals surface area contributed by atoms with Gasteiger partial charge < -0.3 is 14.9 Å². The summed E-state index contributed by atoms with van der Waals surface area (Å²) < 4.78 is 0. The Morgan fingerprint density at radius 1 is 1.33 bits per heavy atom. The summed E-state index contributed by atoms with van der Waals surface area (Å²) in [7, 11) is 3.82. The molecule has 6 heteroatoms. The van der Waals surface area contributed by atoms with Gasteiger partial charge in [0, 0.05) is 24.7 Å². The van der Waals surface area contributed by atoms with Gasteiger partial charge in [-0.2, -0.15) is 0 Å². The zero-order chi connectivity index (χ0) is 18.1. The zero-order valence-corrected chi connectivity index (χ0v) is 14.9. The molecule has 0 saturated carbocycles. The van der Waals surface area contributed by atoms with Gasteiger partial charge in [0.2, 0.25) is 0 Å². The number of carbonyl (C=O) groups excluding carboxylic acids is 2. The maximum absolute atomic E-state index is 12.9. The SMILES string of the molecule is CN(C)CCN1C(=O)C(O)=C(C(=O)C(C)(C)C)C1c1ccccn1. The van der Waals surface area contributed by atoms with Gasteiger partial charge in [0.05, 0.1) is 11.3 Å². The predicted octanol–water partition coefficient (Wildman–Crippen LogP) is 1.95. The molecule has 1 aliphatic heterocycles. The summed E-state index contributed by atoms with van der Waals surface area (Å²) in [5.41, 5.74) is 0.0278. The molecule has 2 heterocycles. The van der Waals surface area contributed by atoms with Crippen molar-refractivity contribution in [3.63, 3.8) is 0 Å². The second-order valence-corrected chi connectivity index (χ2v) is 7.30. The second kappa shape index (κ2) is 6.73. The van der Waals surface area contributed by atoms with E-state index in [2.05, 4.69) is 4.98 Å². The molecule has 1 unspecified atom stereocenters. The molecule has 0 radical (unpaired) electrons. The average Bonchev–Trinajstić information content (AvgIpc) is 2.76. The lowest BCUT2D eigenvalue weighted by Crippen LogP contribution is -2.37. The van der Waals surface area contributed by atoms with Crippen LogP contribution in [0.25, 0.3) is 0 Å². The lowest BCUT2D eigenvalue weighted by molar-refractivity contribution is -0.129. The van der Waals surface area contributed by atoms with Crippen LogP contribution in [0.2, 0.25) is 0 Å². The first-order valence-corrected chi connectivity index (χ1v) is 7.99. The van der Waals surface area contributed by atoms with Gasteiger partial charge in [-0.1, -0.05) is 26.8 Å². The van der Waals surface area contributed by atoms with Gasteiger partial charge in [-0.25, -0.2) is 0 Å². The summed E-state index contributed by atoms with van der Waals surface area (Å²) in [5.74, 6) is -1.21. The number of hydrogen-bond donors (Lipinski definition) is 1. The highest BCUT2D eigenvalue weighted by Crippen LogP contribution is 2.39. The standard InChI is InChI=1S/C18H25N3O3/c1-18(2,3)16(23)13-14(12-8-6-7-9-19-12)21(11-10-20(4)5)17(24)15(13)22/h6-9,14,22H,10-11H2,1-5H3. The summed E-state index contributed by atoms with van der Waals surface area (Å²) in [5, 5.41) is 10.4. The van der Waals surface area contributed by atoms with E-state index in [9.17, 15) is 14.7 Å². The first kappa shape index (κ1) is 18.1. The lowest BCUT2D eigenvalue weighted by Gasteiger charge is -2.28. The maximum Gasteiger partial charge on any atom is 0.290 e. The normalized spacial score (nSPS) is 18.7. The van der Waals surface area contributed by atoms with Gasteiger partial charge >= 0.3 is 0 Å². The summed E-state index contributed by atoms with van der Waals surface area (Å²) in [6.45, 7) is 6.35. The molecule has 0 fully saturated rings. The van der Waals surface area contributed by atoms with Crippen LogP contribution in [0.1, 0.15) is 32.5 Å². The van der Waals surface area contributed by atoms with Crippen LogP contribution in [0.15, 0.2) is 35.7 Å². The number of nitrogens with zero attached hydrogens (tertiary/aromatic N) is 3. The molecule has 0 spiro atoms. The van der Waals surface area contributed by atoms with E-state index in [0.29, 0.717) is 18.8 Å². The number of rotatable bonds is 5. The summed E-state index contributed by atoms with van der Waals surface area (Å²) in [4.78, 5) is 33.2. The molecule has 2 rings (SSSR count). The predicted molar refractivity (Wildman–Crippen MR) is 91.4 cm³/mol. The molecule has 1 amide bonds. The first-order valence-electron chi connectivity index (χ1n) is 7.99. The Hall–Kier alpha value is -2.21. The largest absolute Gasteiger partial charge is 0.503 e. The molecular formula is C18H25N3O3. The van der Waals surface area contributed by atoms with E-state index < -0.39 is 23.1 Å². The molecule has 1 aromatic heterocycles. The third-order valence-electron chi connectivity index (χ3n) is 3.99. The molecule has 24 heavy (non-hydrogen) atoms. The van der Waals surface area contributed by atoms with Crippen molar-refractivity contribution in [2.75, 3.05) is 27.2 Å². The van der Waals surface area contributed by atoms with Crippen molar-refractivity contribution < 1.29 is 14.7 Å². The number of aliphatic hydroxyl groups excluding tert-OH is 1. The minimum Gasteiger partial charge on any atom is -0.503 e. The molecule has 0 saturated heterocycles. The van der Waals surface area contributed by atoms with Crippen molar-refractivity contribution in [2.24, 2.45) is 5.41 Å². The number of amides is 1. The molecule has 0 bridgehead atoms. The van der Waals surface area contributed by atoms with E-state index in [0.717, 1.165) is 0 Å². The van der Waals surface area contributed by atoms with Crippen molar-refractivity contribution in [1.29, 1.82) is 0 Å². The van der Waals surface area contributed by atoms with Crippen molar-refractivity contribution in [2.45, 2.75) is 26.8 Å². The quantitative estimate of drug-likeness (QED) is 0.893. The van der Waals surface area contributed by atoms with Crippen LogP contribution < -0.4 is 0 Å². The van der Waals surface area contributed by atoms with Gasteiger partial charge in [0.25, 0.3) is 5.91 Å². The van der Waals surface area contributed by atoms with E-state index in [-0.39, 0.29) is 11.4 Å². The van der Waals surface area contributed by atoms with E-state index in [1.165, 1.54) is 4.90 Å². The Balaban J connectivity index is 2.50. The number of likely N-dealkylation sites (N-methyl/N-ethyl adjacent to an activating group) is 1. The monoisotopic (exact) mass is 331 g/mol. The number of ketones is 1. The van der Waals surface area contributed by atoms with Gasteiger partial charge in [0.15, 0.2) is 11.5 Å². The van der Waals surface area contributed by atoms with Crippen molar-refractivity contribution in [3.05, 3.63) is 41.4 Å². The fourth-order valence-electron chi connectivity index (χ4n) is 2.67. The first-order chi connectivity index (χ1) is 11.1. The van der Waals surface area contributed by atoms with Crippen molar-refractivity contribution in [1.82, 2.24) is 14.8 Å². The third-order valence-corrected chi connectivity index (χ3v) is 3.99. The van der Waals surface area contributed by atoms with Crippen molar-refractivity contribution >= 4 is 11.7 Å². The molecule has 1 aliphatic rings. The number of hydrogen-bond acceptors (Lipinski definition) is 5. The van der Waals surface area contributed by atoms with Crippen LogP contribution in [0.3, 0.4) is 0 Å². The lowest BCUT2D eigenvalue weighted by atomic mass is 9.83. The van der Waals surface area contributed by atoms with Gasteiger partial charge in [-0.15, -0.1) is 0 Å². The van der Waals surface area contributed by atoms with Crippen LogP contribution in [0, 0.1) is 5.41 Å². The average molecular weight is 331 g/mol. The minimum atomic E-state index is -0.700. The van der Waals surface area contributed by atoms with Crippen LogP contribution >= 0.6 is 0 Å². The molecule has 0 aromatic carbocycles. The number of aliphatic hydroxyl groups is 1. The summed E-state index contributed by atoms with van der Waals surface area (Å²) in [6.07, 6.45) is 1.62. The number of aromatic nitrogens is 1.